The number of ether oxygens (including phenoxy) is 1. The molecule has 2 heterocycles. The van der Waals surface area contributed by atoms with E-state index in [1.165, 1.54) is 0 Å². The zero-order valence-corrected chi connectivity index (χ0v) is 15.9. The van der Waals surface area contributed by atoms with Gasteiger partial charge in [0.25, 0.3) is 5.91 Å². The number of para-hydroxylation sites is 1. The van der Waals surface area contributed by atoms with Crippen molar-refractivity contribution in [2.75, 3.05) is 13.1 Å². The molecule has 0 unspecified atom stereocenters. The predicted octanol–water partition coefficient (Wildman–Crippen LogP) is 3.78. The Hall–Kier alpha value is -3.05. The molecule has 0 spiro atoms. The average Bonchev–Trinajstić information content (AvgIpc) is 3.10. The van der Waals surface area contributed by atoms with E-state index in [0.717, 1.165) is 36.7 Å². The molecule has 0 radical (unpaired) electrons. The van der Waals surface area contributed by atoms with Gasteiger partial charge in [-0.2, -0.15) is 0 Å². The molecule has 5 nitrogen and oxygen atoms in total. The second-order valence-corrected chi connectivity index (χ2v) is 7.11. The molecule has 4 rings (SSSR count). The SMILES string of the molecule is Cc1ccc(CN2CC(Oc3ccccc3C(=O)NCc3ccccc3)C2)o1. The van der Waals surface area contributed by atoms with Gasteiger partial charge in [-0.25, -0.2) is 0 Å². The van der Waals surface area contributed by atoms with Crippen molar-refractivity contribution in [1.29, 1.82) is 0 Å². The Labute approximate surface area is 164 Å². The first-order valence-corrected chi connectivity index (χ1v) is 9.53. The molecule has 144 valence electrons. The molecular weight excluding hydrogens is 352 g/mol. The second kappa shape index (κ2) is 8.31. The van der Waals surface area contributed by atoms with Crippen molar-refractivity contribution in [3.05, 3.63) is 89.4 Å². The Morgan fingerprint density at radius 3 is 2.57 bits per heavy atom. The number of nitrogens with one attached hydrogen (secondary N) is 1. The van der Waals surface area contributed by atoms with Crippen LogP contribution in [0, 0.1) is 6.92 Å². The van der Waals surface area contributed by atoms with Crippen LogP contribution in [0.2, 0.25) is 0 Å². The van der Waals surface area contributed by atoms with Gasteiger partial charge in [0.1, 0.15) is 23.4 Å². The molecule has 1 aromatic heterocycles. The molecule has 5 heteroatoms. The second-order valence-electron chi connectivity index (χ2n) is 7.11. The van der Waals surface area contributed by atoms with E-state index in [4.69, 9.17) is 9.15 Å². The molecular formula is C23H24N2O3. The first kappa shape index (κ1) is 18.3. The van der Waals surface area contributed by atoms with Crippen molar-refractivity contribution in [1.82, 2.24) is 10.2 Å². The highest BCUT2D eigenvalue weighted by Crippen LogP contribution is 2.24. The molecule has 0 saturated carbocycles. The van der Waals surface area contributed by atoms with Gasteiger partial charge in [-0.15, -0.1) is 0 Å². The average molecular weight is 376 g/mol. The molecule has 1 saturated heterocycles. The van der Waals surface area contributed by atoms with Crippen molar-refractivity contribution in [2.45, 2.75) is 26.1 Å². The molecule has 1 amide bonds. The third-order valence-corrected chi connectivity index (χ3v) is 4.82. The fourth-order valence-electron chi connectivity index (χ4n) is 3.33. The third kappa shape index (κ3) is 4.43. The number of furan rings is 1. The molecule has 28 heavy (non-hydrogen) atoms. The van der Waals surface area contributed by atoms with E-state index in [1.807, 2.05) is 67.6 Å². The molecule has 1 aliphatic rings. The Morgan fingerprint density at radius 2 is 1.82 bits per heavy atom. The lowest BCUT2D eigenvalue weighted by atomic mass is 10.1. The van der Waals surface area contributed by atoms with Gasteiger partial charge in [0, 0.05) is 19.6 Å². The standard InChI is InChI=1S/C23H24N2O3/c1-17-11-12-19(27-17)14-25-15-20(16-25)28-22-10-6-5-9-21(22)23(26)24-13-18-7-3-2-4-8-18/h2-12,20H,13-16H2,1H3,(H,24,26). The summed E-state index contributed by atoms with van der Waals surface area (Å²) in [7, 11) is 0. The van der Waals surface area contributed by atoms with Crippen LogP contribution in [0.4, 0.5) is 0 Å². The molecule has 0 aliphatic carbocycles. The Kier molecular flexibility index (Phi) is 5.44. The molecule has 0 atom stereocenters. The number of carbonyl (C=O) groups is 1. The number of benzene rings is 2. The van der Waals surface area contributed by atoms with E-state index >= 15 is 0 Å². The minimum absolute atomic E-state index is 0.0825. The number of rotatable bonds is 7. The van der Waals surface area contributed by atoms with Gasteiger partial charge in [0.2, 0.25) is 0 Å². The zero-order chi connectivity index (χ0) is 19.3. The summed E-state index contributed by atoms with van der Waals surface area (Å²) >= 11 is 0. The van der Waals surface area contributed by atoms with Crippen LogP contribution in [0.15, 0.2) is 71.1 Å². The van der Waals surface area contributed by atoms with Gasteiger partial charge in [-0.05, 0) is 36.8 Å². The first-order chi connectivity index (χ1) is 13.7. The summed E-state index contributed by atoms with van der Waals surface area (Å²) in [6.45, 7) is 4.87. The van der Waals surface area contributed by atoms with Crippen LogP contribution in [0.25, 0.3) is 0 Å². The zero-order valence-electron chi connectivity index (χ0n) is 15.9. The van der Waals surface area contributed by atoms with Gasteiger partial charge in [0.15, 0.2) is 0 Å². The topological polar surface area (TPSA) is 54.7 Å². The van der Waals surface area contributed by atoms with Gasteiger partial charge in [-0.1, -0.05) is 42.5 Å². The van der Waals surface area contributed by atoms with Crippen molar-refractivity contribution in [3.63, 3.8) is 0 Å². The van der Waals surface area contributed by atoms with Crippen LogP contribution in [-0.2, 0) is 13.1 Å². The summed E-state index contributed by atoms with van der Waals surface area (Å²) < 4.78 is 11.7. The maximum Gasteiger partial charge on any atom is 0.255 e. The molecule has 3 aromatic rings. The van der Waals surface area contributed by atoms with Gasteiger partial charge in [0.05, 0.1) is 12.1 Å². The lowest BCUT2D eigenvalue weighted by molar-refractivity contribution is 0.0101. The van der Waals surface area contributed by atoms with E-state index < -0.39 is 0 Å². The van der Waals surface area contributed by atoms with E-state index in [-0.39, 0.29) is 12.0 Å². The lowest BCUT2D eigenvalue weighted by Crippen LogP contribution is -2.53. The van der Waals surface area contributed by atoms with Gasteiger partial charge in [-0.3, -0.25) is 9.69 Å². The maximum absolute atomic E-state index is 12.6. The Morgan fingerprint density at radius 1 is 1.07 bits per heavy atom. The van der Waals surface area contributed by atoms with Crippen LogP contribution in [0.5, 0.6) is 5.75 Å². The van der Waals surface area contributed by atoms with E-state index in [9.17, 15) is 4.79 Å². The highest BCUT2D eigenvalue weighted by atomic mass is 16.5. The van der Waals surface area contributed by atoms with Crippen molar-refractivity contribution in [3.8, 4) is 5.75 Å². The summed E-state index contributed by atoms with van der Waals surface area (Å²) in [5.41, 5.74) is 1.63. The molecule has 0 bridgehead atoms. The van der Waals surface area contributed by atoms with Crippen LogP contribution in [0.3, 0.4) is 0 Å². The monoisotopic (exact) mass is 376 g/mol. The number of likely N-dealkylation sites (tertiary alicyclic amines) is 1. The summed E-state index contributed by atoms with van der Waals surface area (Å²) in [5.74, 6) is 2.41. The smallest absolute Gasteiger partial charge is 0.255 e. The number of hydrogen-bond donors (Lipinski definition) is 1. The minimum Gasteiger partial charge on any atom is -0.487 e. The summed E-state index contributed by atoms with van der Waals surface area (Å²) in [6, 6.07) is 21.3. The minimum atomic E-state index is -0.123. The van der Waals surface area contributed by atoms with Crippen molar-refractivity contribution in [2.24, 2.45) is 0 Å². The fraction of sp³-hybridized carbons (Fsp3) is 0.261. The molecule has 1 fully saturated rings. The number of hydrogen-bond acceptors (Lipinski definition) is 4. The number of carbonyl (C=O) groups excluding carboxylic acids is 1. The maximum atomic E-state index is 12.6. The quantitative estimate of drug-likeness (QED) is 0.682. The van der Waals surface area contributed by atoms with E-state index in [0.29, 0.717) is 17.9 Å². The third-order valence-electron chi connectivity index (χ3n) is 4.82. The number of amides is 1. The molecule has 1 aliphatic heterocycles. The highest BCUT2D eigenvalue weighted by molar-refractivity contribution is 5.96. The van der Waals surface area contributed by atoms with E-state index in [2.05, 4.69) is 10.2 Å². The first-order valence-electron chi connectivity index (χ1n) is 9.53. The summed E-state index contributed by atoms with van der Waals surface area (Å²) in [4.78, 5) is 14.9. The van der Waals surface area contributed by atoms with E-state index in [1.54, 1.807) is 6.07 Å². The molecule has 2 aromatic carbocycles. The van der Waals surface area contributed by atoms with Crippen LogP contribution < -0.4 is 10.1 Å². The Balaban J connectivity index is 1.31. The van der Waals surface area contributed by atoms with Gasteiger partial charge < -0.3 is 14.5 Å². The Bertz CT molecular complexity index is 930. The van der Waals surface area contributed by atoms with Crippen LogP contribution in [0.1, 0.15) is 27.4 Å². The van der Waals surface area contributed by atoms with Crippen molar-refractivity contribution < 1.29 is 13.9 Å². The van der Waals surface area contributed by atoms with Crippen LogP contribution >= 0.6 is 0 Å². The normalized spacial score (nSPS) is 14.5. The predicted molar refractivity (Wildman–Crippen MR) is 107 cm³/mol. The fourth-order valence-corrected chi connectivity index (χ4v) is 3.33. The summed E-state index contributed by atoms with van der Waals surface area (Å²) in [5, 5.41) is 2.97. The van der Waals surface area contributed by atoms with Crippen LogP contribution in [-0.4, -0.2) is 30.0 Å². The molecule has 1 N–H and O–H groups in total. The van der Waals surface area contributed by atoms with Crippen molar-refractivity contribution >= 4 is 5.91 Å². The number of nitrogens with zero attached hydrogens (tertiary/aromatic N) is 1. The largest absolute Gasteiger partial charge is 0.487 e. The van der Waals surface area contributed by atoms with Gasteiger partial charge >= 0.3 is 0 Å². The summed E-state index contributed by atoms with van der Waals surface area (Å²) in [6.07, 6.45) is 0.0825. The lowest BCUT2D eigenvalue weighted by Gasteiger charge is -2.38. The highest BCUT2D eigenvalue weighted by Gasteiger charge is 2.30. The number of aryl methyl sites for hydroxylation is 1.